The Kier molecular flexibility index (Phi) is 1.59. The second-order valence-electron chi connectivity index (χ2n) is 1.89. The Morgan fingerprint density at radius 3 is 2.64 bits per heavy atom. The molecule has 0 saturated heterocycles. The normalized spacial score (nSPS) is 9.45. The highest BCUT2D eigenvalue weighted by molar-refractivity contribution is 5.96. The number of aromatic amines is 1. The number of amides is 1. The minimum absolute atomic E-state index is 0.0241. The largest absolute Gasteiger partial charge is 0.382 e. The minimum atomic E-state index is -0.678. The van der Waals surface area contributed by atoms with Gasteiger partial charge in [-0.2, -0.15) is 0 Å². The summed E-state index contributed by atoms with van der Waals surface area (Å²) in [5, 5.41) is 6.77. The quantitative estimate of drug-likeness (QED) is 0.411. The van der Waals surface area contributed by atoms with Crippen molar-refractivity contribution in [1.82, 2.24) is 9.97 Å². The molecule has 0 saturated carbocycles. The molecule has 58 valence electrons. The van der Waals surface area contributed by atoms with Gasteiger partial charge in [-0.1, -0.05) is 0 Å². The Morgan fingerprint density at radius 1 is 1.73 bits per heavy atom. The van der Waals surface area contributed by atoms with Gasteiger partial charge in [0.15, 0.2) is 11.6 Å². The number of hydrogen-bond acceptors (Lipinski definition) is 4. The molecule has 0 aliphatic carbocycles. The predicted octanol–water partition coefficient (Wildman–Crippen LogP) is -0.912. The van der Waals surface area contributed by atoms with Crippen molar-refractivity contribution in [3.05, 3.63) is 11.5 Å². The fourth-order valence-corrected chi connectivity index (χ4v) is 0.662. The molecule has 0 fully saturated rings. The third kappa shape index (κ3) is 1.18. The van der Waals surface area contributed by atoms with Gasteiger partial charge >= 0.3 is 0 Å². The van der Waals surface area contributed by atoms with Crippen LogP contribution in [0.1, 0.15) is 16.3 Å². The molecule has 1 rings (SSSR count). The lowest BCUT2D eigenvalue weighted by atomic mass is 10.4. The smallest absolute Gasteiger partial charge is 0.269 e. The van der Waals surface area contributed by atoms with Gasteiger partial charge in [-0.25, -0.2) is 4.98 Å². The number of H-pyrrole nitrogens is 1. The number of imidazole rings is 1. The van der Waals surface area contributed by atoms with Crippen LogP contribution in [0.2, 0.25) is 0 Å². The molecule has 0 spiro atoms. The molecule has 1 aromatic heterocycles. The zero-order chi connectivity index (χ0) is 8.43. The minimum Gasteiger partial charge on any atom is -0.382 e. The van der Waals surface area contributed by atoms with Crippen LogP contribution in [-0.2, 0) is 0 Å². The fraction of sp³-hybridized carbons (Fsp3) is 0. The molecular weight excluding hydrogens is 146 g/mol. The molecule has 0 aliphatic rings. The first kappa shape index (κ1) is 7.26. The summed E-state index contributed by atoms with van der Waals surface area (Å²) < 4.78 is 0. The molecule has 0 unspecified atom stereocenters. The number of carbonyl (C=O) groups is 1. The monoisotopic (exact) mass is 153 g/mol. The van der Waals surface area contributed by atoms with Crippen LogP contribution >= 0.6 is 0 Å². The third-order valence-electron chi connectivity index (χ3n) is 1.13. The lowest BCUT2D eigenvalue weighted by molar-refractivity contribution is 0.0997. The molecule has 0 bridgehead atoms. The molecule has 0 aromatic carbocycles. The van der Waals surface area contributed by atoms with Crippen LogP contribution in [0.5, 0.6) is 0 Å². The van der Waals surface area contributed by atoms with Crippen molar-refractivity contribution in [2.45, 2.75) is 0 Å². The Hall–Kier alpha value is -1.85. The van der Waals surface area contributed by atoms with E-state index in [-0.39, 0.29) is 17.3 Å². The average Bonchev–Trinajstić information content (AvgIpc) is 2.30. The van der Waals surface area contributed by atoms with Crippen LogP contribution in [0.3, 0.4) is 0 Å². The Balaban J connectivity index is 3.16. The number of nitrogens with two attached hydrogens (primary N) is 2. The summed E-state index contributed by atoms with van der Waals surface area (Å²) in [5.41, 5.74) is 10.2. The van der Waals surface area contributed by atoms with E-state index in [0.29, 0.717) is 0 Å². The highest BCUT2D eigenvalue weighted by atomic mass is 16.1. The Bertz CT molecular complexity index is 302. The maximum absolute atomic E-state index is 10.5. The predicted molar refractivity (Wildman–Crippen MR) is 39.4 cm³/mol. The topological polar surface area (TPSA) is 122 Å². The first-order valence-electron chi connectivity index (χ1n) is 2.81. The number of aromatic nitrogens is 2. The molecule has 11 heavy (non-hydrogen) atoms. The summed E-state index contributed by atoms with van der Waals surface area (Å²) in [6.07, 6.45) is 0.947. The van der Waals surface area contributed by atoms with Crippen LogP contribution in [0.4, 0.5) is 5.82 Å². The molecular formula is C5H7N5O. The maximum atomic E-state index is 10.5. The molecule has 6 heteroatoms. The summed E-state index contributed by atoms with van der Waals surface area (Å²) in [6.45, 7) is 0. The highest BCUT2D eigenvalue weighted by Gasteiger charge is 2.09. The van der Waals surface area contributed by atoms with Gasteiger partial charge < -0.3 is 21.9 Å². The number of rotatable bonds is 2. The number of nitrogen functional groups attached to an aromatic ring is 1. The van der Waals surface area contributed by atoms with Gasteiger partial charge in [-0.15, -0.1) is 0 Å². The molecule has 6 nitrogen and oxygen atoms in total. The van der Waals surface area contributed by atoms with Gasteiger partial charge in [0.2, 0.25) is 0 Å². The van der Waals surface area contributed by atoms with Crippen LogP contribution in [-0.4, -0.2) is 22.1 Å². The number of carbonyl (C=O) groups excluding carboxylic acids is 1. The molecule has 0 aliphatic heterocycles. The number of primary amides is 1. The molecule has 6 N–H and O–H groups in total. The molecule has 1 aromatic rings. The number of nitrogens with one attached hydrogen (secondary N) is 2. The van der Waals surface area contributed by atoms with E-state index in [1.807, 2.05) is 0 Å². The maximum Gasteiger partial charge on any atom is 0.269 e. The van der Waals surface area contributed by atoms with Crippen molar-refractivity contribution in [2.24, 2.45) is 5.73 Å². The summed E-state index contributed by atoms with van der Waals surface area (Å²) in [4.78, 5) is 16.7. The van der Waals surface area contributed by atoms with E-state index in [4.69, 9.17) is 16.9 Å². The van der Waals surface area contributed by atoms with Crippen molar-refractivity contribution in [3.8, 4) is 0 Å². The molecule has 0 atom stereocenters. The number of nitrogens with zero attached hydrogens (tertiary/aromatic N) is 1. The van der Waals surface area contributed by atoms with Crippen molar-refractivity contribution in [2.75, 3.05) is 5.73 Å². The van der Waals surface area contributed by atoms with Crippen LogP contribution in [0.15, 0.2) is 0 Å². The van der Waals surface area contributed by atoms with Gasteiger partial charge in [0.25, 0.3) is 5.91 Å². The van der Waals surface area contributed by atoms with Crippen molar-refractivity contribution >= 4 is 17.9 Å². The van der Waals surface area contributed by atoms with Crippen molar-refractivity contribution in [1.29, 1.82) is 5.41 Å². The average molecular weight is 153 g/mol. The second kappa shape index (κ2) is 2.41. The zero-order valence-electron chi connectivity index (χ0n) is 5.59. The van der Waals surface area contributed by atoms with Gasteiger partial charge in [0.05, 0.1) is 6.21 Å². The van der Waals surface area contributed by atoms with E-state index in [0.717, 1.165) is 6.21 Å². The van der Waals surface area contributed by atoms with E-state index >= 15 is 0 Å². The van der Waals surface area contributed by atoms with E-state index in [9.17, 15) is 4.79 Å². The highest BCUT2D eigenvalue weighted by Crippen LogP contribution is 2.04. The first-order valence-corrected chi connectivity index (χ1v) is 2.81. The summed E-state index contributed by atoms with van der Waals surface area (Å²) in [7, 11) is 0. The van der Waals surface area contributed by atoms with Crippen LogP contribution in [0.25, 0.3) is 0 Å². The van der Waals surface area contributed by atoms with Crippen molar-refractivity contribution < 1.29 is 4.79 Å². The summed E-state index contributed by atoms with van der Waals surface area (Å²) >= 11 is 0. The molecule has 0 radical (unpaired) electrons. The van der Waals surface area contributed by atoms with Gasteiger partial charge in [0, 0.05) is 0 Å². The van der Waals surface area contributed by atoms with Gasteiger partial charge in [0.1, 0.15) is 5.69 Å². The Morgan fingerprint density at radius 2 is 2.36 bits per heavy atom. The molecule has 1 heterocycles. The van der Waals surface area contributed by atoms with E-state index in [2.05, 4.69) is 9.97 Å². The van der Waals surface area contributed by atoms with Gasteiger partial charge in [-0.3, -0.25) is 4.79 Å². The standard InChI is InChI=1S/C5H7N5O/c6-1-2-9-3(5(8)11)4(7)10-2/h1,6H,7H2,(H2,8,11)(H,9,10). The Labute approximate surface area is 62.1 Å². The van der Waals surface area contributed by atoms with E-state index in [1.165, 1.54) is 0 Å². The van der Waals surface area contributed by atoms with Crippen LogP contribution < -0.4 is 11.5 Å². The van der Waals surface area contributed by atoms with Gasteiger partial charge in [-0.05, 0) is 0 Å². The number of hydrogen-bond donors (Lipinski definition) is 4. The first-order chi connectivity index (χ1) is 5.15. The summed E-state index contributed by atoms with van der Waals surface area (Å²) in [5.74, 6) is -0.435. The lowest BCUT2D eigenvalue weighted by Gasteiger charge is -1.87. The second-order valence-corrected chi connectivity index (χ2v) is 1.89. The SMILES string of the molecule is N=Cc1nc(N)c(C(N)=O)[nH]1. The third-order valence-corrected chi connectivity index (χ3v) is 1.13. The number of anilines is 1. The van der Waals surface area contributed by atoms with E-state index < -0.39 is 5.91 Å². The lowest BCUT2D eigenvalue weighted by Crippen LogP contribution is -2.13. The van der Waals surface area contributed by atoms with Crippen molar-refractivity contribution in [3.63, 3.8) is 0 Å². The summed E-state index contributed by atoms with van der Waals surface area (Å²) in [6, 6.07) is 0. The zero-order valence-corrected chi connectivity index (χ0v) is 5.59. The van der Waals surface area contributed by atoms with Crippen LogP contribution in [0, 0.1) is 5.41 Å². The fourth-order valence-electron chi connectivity index (χ4n) is 0.662. The molecule has 1 amide bonds. The van der Waals surface area contributed by atoms with E-state index in [1.54, 1.807) is 0 Å².